The molecule has 2 aromatic rings. The van der Waals surface area contributed by atoms with Gasteiger partial charge in [0.1, 0.15) is 0 Å². The van der Waals surface area contributed by atoms with Crippen molar-refractivity contribution >= 4 is 46.7 Å². The lowest BCUT2D eigenvalue weighted by molar-refractivity contribution is 0.0955. The van der Waals surface area contributed by atoms with E-state index in [1.807, 2.05) is 12.1 Å². The summed E-state index contributed by atoms with van der Waals surface area (Å²) in [6.45, 7) is 2.10. The Morgan fingerprint density at radius 2 is 2.10 bits per heavy atom. The van der Waals surface area contributed by atoms with Gasteiger partial charge >= 0.3 is 0 Å². The Morgan fingerprint density at radius 3 is 2.75 bits per heavy atom. The van der Waals surface area contributed by atoms with Crippen molar-refractivity contribution in [2.24, 2.45) is 5.10 Å². The number of nitrogens with one attached hydrogen (secondary N) is 1. The Labute approximate surface area is 131 Å². The van der Waals surface area contributed by atoms with Crippen LogP contribution in [0.4, 0.5) is 0 Å². The molecule has 1 amide bonds. The number of amides is 1. The molecular formula is C14H12Cl2N2OS. The predicted molar refractivity (Wildman–Crippen MR) is 85.2 cm³/mol. The number of hydrogen-bond donors (Lipinski definition) is 1. The molecule has 0 spiro atoms. The number of halogens is 2. The van der Waals surface area contributed by atoms with Gasteiger partial charge in [0.05, 0.1) is 16.3 Å². The Balaban J connectivity index is 1.99. The molecule has 20 heavy (non-hydrogen) atoms. The zero-order valence-corrected chi connectivity index (χ0v) is 13.0. The van der Waals surface area contributed by atoms with Crippen LogP contribution in [0.3, 0.4) is 0 Å². The summed E-state index contributed by atoms with van der Waals surface area (Å²) in [6, 6.07) is 8.70. The molecule has 0 aliphatic heterocycles. The van der Waals surface area contributed by atoms with Crippen molar-refractivity contribution in [2.75, 3.05) is 0 Å². The van der Waals surface area contributed by atoms with E-state index >= 15 is 0 Å². The van der Waals surface area contributed by atoms with Crippen LogP contribution in [0.1, 0.15) is 27.0 Å². The third-order valence-electron chi connectivity index (χ3n) is 2.57. The molecule has 0 aliphatic carbocycles. The topological polar surface area (TPSA) is 41.5 Å². The van der Waals surface area contributed by atoms with Crippen LogP contribution in [-0.4, -0.2) is 12.1 Å². The van der Waals surface area contributed by atoms with E-state index in [-0.39, 0.29) is 5.91 Å². The second-order valence-electron chi connectivity index (χ2n) is 3.99. The molecular weight excluding hydrogens is 315 g/mol. The maximum Gasteiger partial charge on any atom is 0.271 e. The smallest absolute Gasteiger partial charge is 0.267 e. The van der Waals surface area contributed by atoms with Crippen LogP contribution in [0.2, 0.25) is 10.0 Å². The van der Waals surface area contributed by atoms with Gasteiger partial charge in [0, 0.05) is 15.3 Å². The maximum absolute atomic E-state index is 11.8. The number of hydrazone groups is 1. The van der Waals surface area contributed by atoms with Gasteiger partial charge in [-0.25, -0.2) is 5.43 Å². The number of carbonyl (C=O) groups is 1. The van der Waals surface area contributed by atoms with E-state index in [1.54, 1.807) is 29.7 Å². The minimum Gasteiger partial charge on any atom is -0.267 e. The van der Waals surface area contributed by atoms with Crippen LogP contribution in [0, 0.1) is 0 Å². The highest BCUT2D eigenvalue weighted by Gasteiger charge is 2.06. The quantitative estimate of drug-likeness (QED) is 0.657. The van der Waals surface area contributed by atoms with Gasteiger partial charge in [0.2, 0.25) is 0 Å². The van der Waals surface area contributed by atoms with Gasteiger partial charge < -0.3 is 0 Å². The number of rotatable bonds is 4. The minimum absolute atomic E-state index is 0.327. The zero-order chi connectivity index (χ0) is 14.5. The number of hydrogen-bond acceptors (Lipinski definition) is 3. The Hall–Kier alpha value is -1.36. The van der Waals surface area contributed by atoms with E-state index in [0.717, 1.165) is 11.3 Å². The van der Waals surface area contributed by atoms with Crippen LogP contribution in [0.15, 0.2) is 35.4 Å². The molecule has 0 saturated carbocycles. The fourth-order valence-electron chi connectivity index (χ4n) is 1.51. The van der Waals surface area contributed by atoms with Crippen LogP contribution in [0.5, 0.6) is 0 Å². The van der Waals surface area contributed by atoms with Gasteiger partial charge in [0.15, 0.2) is 0 Å². The monoisotopic (exact) mass is 326 g/mol. The SMILES string of the molecule is CCc1ccc(C=NNC(=O)c2ccc(Cl)c(Cl)c2)s1. The second kappa shape index (κ2) is 6.88. The van der Waals surface area contributed by atoms with Crippen molar-refractivity contribution in [1.82, 2.24) is 5.43 Å². The van der Waals surface area contributed by atoms with Crippen molar-refractivity contribution in [1.29, 1.82) is 0 Å². The van der Waals surface area contributed by atoms with Gasteiger partial charge in [-0.2, -0.15) is 5.10 Å². The van der Waals surface area contributed by atoms with Crippen molar-refractivity contribution in [3.05, 3.63) is 55.7 Å². The zero-order valence-electron chi connectivity index (χ0n) is 10.7. The third kappa shape index (κ3) is 3.82. The molecule has 6 heteroatoms. The largest absolute Gasteiger partial charge is 0.271 e. The van der Waals surface area contributed by atoms with Crippen molar-refractivity contribution in [3.63, 3.8) is 0 Å². The lowest BCUT2D eigenvalue weighted by Crippen LogP contribution is -2.17. The number of aryl methyl sites for hydroxylation is 1. The molecule has 0 aliphatic rings. The van der Waals surface area contributed by atoms with Gasteiger partial charge in [-0.1, -0.05) is 30.1 Å². The predicted octanol–water partition coefficient (Wildman–Crippen LogP) is 4.38. The molecule has 0 saturated heterocycles. The van der Waals surface area contributed by atoms with E-state index in [2.05, 4.69) is 17.5 Å². The summed E-state index contributed by atoms with van der Waals surface area (Å²) in [5, 5.41) is 4.68. The van der Waals surface area contributed by atoms with Crippen LogP contribution < -0.4 is 5.43 Å². The van der Waals surface area contributed by atoms with Gasteiger partial charge in [0.25, 0.3) is 5.91 Å². The molecule has 2 rings (SSSR count). The van der Waals surface area contributed by atoms with E-state index in [0.29, 0.717) is 15.6 Å². The summed E-state index contributed by atoms with van der Waals surface area (Å²) < 4.78 is 0. The van der Waals surface area contributed by atoms with Crippen LogP contribution >= 0.6 is 34.5 Å². The Kier molecular flexibility index (Phi) is 5.17. The van der Waals surface area contributed by atoms with Crippen molar-refractivity contribution in [3.8, 4) is 0 Å². The Bertz CT molecular complexity index is 652. The Morgan fingerprint density at radius 1 is 1.30 bits per heavy atom. The molecule has 0 atom stereocenters. The fourth-order valence-corrected chi connectivity index (χ4v) is 2.63. The number of carbonyl (C=O) groups excluding carboxylic acids is 1. The average Bonchev–Trinajstić information content (AvgIpc) is 2.89. The first-order valence-electron chi connectivity index (χ1n) is 5.97. The summed E-state index contributed by atoms with van der Waals surface area (Å²) in [5.74, 6) is -0.327. The standard InChI is InChI=1S/C14H12Cl2N2OS/c1-2-10-4-5-11(20-10)8-17-18-14(19)9-3-6-12(15)13(16)7-9/h3-8H,2H2,1H3,(H,18,19). The van der Waals surface area contributed by atoms with Gasteiger partial charge in [-0.3, -0.25) is 4.79 Å². The van der Waals surface area contributed by atoms with E-state index in [9.17, 15) is 4.79 Å². The molecule has 1 aromatic heterocycles. The number of benzene rings is 1. The molecule has 0 unspecified atom stereocenters. The molecule has 3 nitrogen and oxygen atoms in total. The summed E-state index contributed by atoms with van der Waals surface area (Å²) in [7, 11) is 0. The molecule has 0 bridgehead atoms. The third-order valence-corrected chi connectivity index (χ3v) is 4.47. The normalized spacial score (nSPS) is 10.9. The van der Waals surface area contributed by atoms with Gasteiger partial charge in [-0.15, -0.1) is 11.3 Å². The molecule has 0 fully saturated rings. The molecule has 1 aromatic carbocycles. The lowest BCUT2D eigenvalue weighted by Gasteiger charge is -2.01. The maximum atomic E-state index is 11.8. The fraction of sp³-hybridized carbons (Fsp3) is 0.143. The van der Waals surface area contributed by atoms with Crippen LogP contribution in [-0.2, 0) is 6.42 Å². The van der Waals surface area contributed by atoms with E-state index in [4.69, 9.17) is 23.2 Å². The van der Waals surface area contributed by atoms with Gasteiger partial charge in [-0.05, 0) is 36.8 Å². The average molecular weight is 327 g/mol. The lowest BCUT2D eigenvalue weighted by atomic mass is 10.2. The van der Waals surface area contributed by atoms with Crippen molar-refractivity contribution in [2.45, 2.75) is 13.3 Å². The van der Waals surface area contributed by atoms with Crippen LogP contribution in [0.25, 0.3) is 0 Å². The highest BCUT2D eigenvalue weighted by atomic mass is 35.5. The first kappa shape index (κ1) is 15.0. The molecule has 1 heterocycles. The minimum atomic E-state index is -0.327. The highest BCUT2D eigenvalue weighted by Crippen LogP contribution is 2.22. The highest BCUT2D eigenvalue weighted by molar-refractivity contribution is 7.13. The first-order valence-corrected chi connectivity index (χ1v) is 7.54. The summed E-state index contributed by atoms with van der Waals surface area (Å²) >= 11 is 13.3. The second-order valence-corrected chi connectivity index (χ2v) is 6.00. The van der Waals surface area contributed by atoms with Crippen molar-refractivity contribution < 1.29 is 4.79 Å². The van der Waals surface area contributed by atoms with E-state index in [1.165, 1.54) is 10.9 Å². The molecule has 0 radical (unpaired) electrons. The summed E-state index contributed by atoms with van der Waals surface area (Å²) in [6.07, 6.45) is 2.62. The molecule has 1 N–H and O–H groups in total. The first-order chi connectivity index (χ1) is 9.60. The summed E-state index contributed by atoms with van der Waals surface area (Å²) in [5.41, 5.74) is 2.87. The number of nitrogens with zero attached hydrogens (tertiary/aromatic N) is 1. The number of thiophene rings is 1. The summed E-state index contributed by atoms with van der Waals surface area (Å²) in [4.78, 5) is 14.1. The van der Waals surface area contributed by atoms with E-state index < -0.39 is 0 Å². The molecule has 104 valence electrons.